The number of nitrogens with zero attached hydrogens (tertiary/aromatic N) is 1. The van der Waals surface area contributed by atoms with Gasteiger partial charge in [0.2, 0.25) is 5.91 Å². The van der Waals surface area contributed by atoms with Crippen molar-refractivity contribution >= 4 is 23.3 Å². The van der Waals surface area contributed by atoms with Gasteiger partial charge in [0, 0.05) is 12.5 Å². The Morgan fingerprint density at radius 2 is 2.00 bits per heavy atom. The summed E-state index contributed by atoms with van der Waals surface area (Å²) in [5, 5.41) is 32.4. The van der Waals surface area contributed by atoms with Crippen LogP contribution < -0.4 is 10.2 Å². The van der Waals surface area contributed by atoms with Crippen LogP contribution in [-0.4, -0.2) is 52.0 Å². The van der Waals surface area contributed by atoms with Crippen molar-refractivity contribution in [3.8, 4) is 0 Å². The minimum atomic E-state index is -1.06. The van der Waals surface area contributed by atoms with Crippen molar-refractivity contribution in [2.24, 2.45) is 0 Å². The van der Waals surface area contributed by atoms with Crippen LogP contribution >= 0.6 is 0 Å². The molecule has 7 nitrogen and oxygen atoms in total. The number of carbonyl (C=O) groups is 2. The van der Waals surface area contributed by atoms with Crippen LogP contribution in [0.25, 0.3) is 0 Å². The summed E-state index contributed by atoms with van der Waals surface area (Å²) < 4.78 is 0. The number of rotatable bonds is 9. The molecule has 1 saturated heterocycles. The van der Waals surface area contributed by atoms with E-state index in [-0.39, 0.29) is 37.1 Å². The van der Waals surface area contributed by atoms with E-state index in [4.69, 9.17) is 0 Å². The maximum atomic E-state index is 12.5. The highest BCUT2D eigenvalue weighted by Crippen LogP contribution is 2.39. The summed E-state index contributed by atoms with van der Waals surface area (Å²) in [6.07, 6.45) is 3.31. The van der Waals surface area contributed by atoms with Gasteiger partial charge in [0.05, 0.1) is 35.7 Å². The Labute approximate surface area is 153 Å². The van der Waals surface area contributed by atoms with Gasteiger partial charge in [-0.25, -0.2) is 4.79 Å². The molecule has 4 N–H and O–H groups in total. The number of aliphatic hydroxyl groups excluding tert-OH is 2. The Morgan fingerprint density at radius 1 is 1.31 bits per heavy atom. The molecule has 26 heavy (non-hydrogen) atoms. The largest absolute Gasteiger partial charge is 0.478 e. The third-order valence-corrected chi connectivity index (χ3v) is 5.09. The fraction of sp³-hybridized carbons (Fsp3) is 0.579. The first-order valence-corrected chi connectivity index (χ1v) is 9.11. The van der Waals surface area contributed by atoms with Gasteiger partial charge < -0.3 is 20.6 Å². The summed E-state index contributed by atoms with van der Waals surface area (Å²) >= 11 is 0. The quantitative estimate of drug-likeness (QED) is 0.535. The van der Waals surface area contributed by atoms with Crippen LogP contribution in [0.4, 0.5) is 11.4 Å². The highest BCUT2D eigenvalue weighted by molar-refractivity contribution is 6.01. The Morgan fingerprint density at radius 3 is 2.54 bits per heavy atom. The van der Waals surface area contributed by atoms with Gasteiger partial charge in [-0.05, 0) is 37.5 Å². The van der Waals surface area contributed by atoms with Gasteiger partial charge in [0.1, 0.15) is 0 Å². The topological polar surface area (TPSA) is 110 Å². The summed E-state index contributed by atoms with van der Waals surface area (Å²) in [6, 6.07) is 4.67. The zero-order chi connectivity index (χ0) is 19.3. The van der Waals surface area contributed by atoms with Crippen molar-refractivity contribution < 1.29 is 24.9 Å². The van der Waals surface area contributed by atoms with Crippen LogP contribution in [0, 0.1) is 0 Å². The van der Waals surface area contributed by atoms with E-state index >= 15 is 0 Å². The second-order valence-corrected chi connectivity index (χ2v) is 6.84. The molecular formula is C19H28N2O5. The lowest BCUT2D eigenvalue weighted by Crippen LogP contribution is -2.52. The van der Waals surface area contributed by atoms with Gasteiger partial charge >= 0.3 is 5.97 Å². The SMILES string of the molecule is CCCC(CC)Nc1cc(C(=O)O)ccc1N1C(=O)CCC1(CO)CO. The predicted molar refractivity (Wildman–Crippen MR) is 99.6 cm³/mol. The number of amides is 1. The molecule has 1 atom stereocenters. The molecule has 1 fully saturated rings. The van der Waals surface area contributed by atoms with Crippen molar-refractivity contribution in [1.82, 2.24) is 0 Å². The molecule has 7 heteroatoms. The average Bonchev–Trinajstić information content (AvgIpc) is 2.98. The summed E-state index contributed by atoms with van der Waals surface area (Å²) in [7, 11) is 0. The molecular weight excluding hydrogens is 336 g/mol. The Bertz CT molecular complexity index is 657. The highest BCUT2D eigenvalue weighted by Gasteiger charge is 2.46. The fourth-order valence-corrected chi connectivity index (χ4v) is 3.49. The van der Waals surface area contributed by atoms with Crippen molar-refractivity contribution in [1.29, 1.82) is 0 Å². The van der Waals surface area contributed by atoms with E-state index in [2.05, 4.69) is 12.2 Å². The number of aromatic carboxylic acids is 1. The van der Waals surface area contributed by atoms with E-state index in [0.29, 0.717) is 17.8 Å². The van der Waals surface area contributed by atoms with Crippen LogP contribution in [-0.2, 0) is 4.79 Å². The van der Waals surface area contributed by atoms with E-state index in [1.165, 1.54) is 17.0 Å². The monoisotopic (exact) mass is 364 g/mol. The van der Waals surface area contributed by atoms with Gasteiger partial charge in [-0.15, -0.1) is 0 Å². The van der Waals surface area contributed by atoms with E-state index < -0.39 is 11.5 Å². The number of anilines is 2. The molecule has 1 aromatic carbocycles. The molecule has 0 aliphatic carbocycles. The number of carbonyl (C=O) groups excluding carboxylic acids is 1. The Kier molecular flexibility index (Phi) is 6.61. The number of nitrogens with one attached hydrogen (secondary N) is 1. The number of hydrogen-bond acceptors (Lipinski definition) is 5. The first kappa shape index (κ1) is 20.2. The molecule has 1 aliphatic heterocycles. The first-order valence-electron chi connectivity index (χ1n) is 9.11. The van der Waals surface area contributed by atoms with Crippen molar-refractivity contribution in [3.05, 3.63) is 23.8 Å². The second kappa shape index (κ2) is 8.51. The molecule has 1 aromatic rings. The summed E-state index contributed by atoms with van der Waals surface area (Å²) in [6.45, 7) is 3.40. The minimum Gasteiger partial charge on any atom is -0.478 e. The molecule has 0 bridgehead atoms. The Balaban J connectivity index is 2.52. The van der Waals surface area contributed by atoms with Crippen LogP contribution in [0.3, 0.4) is 0 Å². The number of carboxylic acid groups (broad SMARTS) is 1. The molecule has 144 valence electrons. The molecule has 1 amide bonds. The maximum absolute atomic E-state index is 12.5. The fourth-order valence-electron chi connectivity index (χ4n) is 3.49. The molecule has 1 heterocycles. The lowest BCUT2D eigenvalue weighted by atomic mass is 9.97. The van der Waals surface area contributed by atoms with Crippen LogP contribution in [0.5, 0.6) is 0 Å². The number of carboxylic acids is 1. The standard InChI is InChI=1S/C19H28N2O5/c1-3-5-14(4-2)20-15-10-13(18(25)26)6-7-16(15)21-17(24)8-9-19(21,11-22)12-23/h6-7,10,14,20,22-23H,3-5,8-9,11-12H2,1-2H3,(H,25,26). The van der Waals surface area contributed by atoms with Gasteiger partial charge in [0.25, 0.3) is 0 Å². The molecule has 2 rings (SSSR count). The van der Waals surface area contributed by atoms with Crippen molar-refractivity contribution in [2.75, 3.05) is 23.4 Å². The summed E-state index contributed by atoms with van der Waals surface area (Å²) in [4.78, 5) is 25.3. The summed E-state index contributed by atoms with van der Waals surface area (Å²) in [5.74, 6) is -1.24. The number of aliphatic hydroxyl groups is 2. The summed E-state index contributed by atoms with van der Waals surface area (Å²) in [5.41, 5.74) is 0.0831. The van der Waals surface area contributed by atoms with Crippen LogP contribution in [0.15, 0.2) is 18.2 Å². The van der Waals surface area contributed by atoms with Crippen molar-refractivity contribution in [3.63, 3.8) is 0 Å². The number of hydrogen-bond donors (Lipinski definition) is 4. The molecule has 1 aliphatic rings. The zero-order valence-electron chi connectivity index (χ0n) is 15.4. The molecule has 0 radical (unpaired) electrons. The number of benzene rings is 1. The second-order valence-electron chi connectivity index (χ2n) is 6.84. The van der Waals surface area contributed by atoms with Crippen LogP contribution in [0.2, 0.25) is 0 Å². The van der Waals surface area contributed by atoms with E-state index in [9.17, 15) is 24.9 Å². The smallest absolute Gasteiger partial charge is 0.335 e. The first-order chi connectivity index (χ1) is 12.4. The third-order valence-electron chi connectivity index (χ3n) is 5.09. The molecule has 0 aromatic heterocycles. The third kappa shape index (κ3) is 3.83. The van der Waals surface area contributed by atoms with Gasteiger partial charge in [-0.3, -0.25) is 9.69 Å². The predicted octanol–water partition coefficient (Wildman–Crippen LogP) is 2.23. The van der Waals surface area contributed by atoms with E-state index in [1.807, 2.05) is 6.92 Å². The van der Waals surface area contributed by atoms with E-state index in [0.717, 1.165) is 19.3 Å². The van der Waals surface area contributed by atoms with E-state index in [1.54, 1.807) is 6.07 Å². The van der Waals surface area contributed by atoms with Crippen LogP contribution in [0.1, 0.15) is 56.3 Å². The van der Waals surface area contributed by atoms with Gasteiger partial charge in [-0.2, -0.15) is 0 Å². The maximum Gasteiger partial charge on any atom is 0.335 e. The lowest BCUT2D eigenvalue weighted by molar-refractivity contribution is -0.117. The molecule has 0 saturated carbocycles. The molecule has 0 spiro atoms. The molecule has 1 unspecified atom stereocenters. The average molecular weight is 364 g/mol. The zero-order valence-corrected chi connectivity index (χ0v) is 15.4. The van der Waals surface area contributed by atoms with Crippen molar-refractivity contribution in [2.45, 2.75) is 57.5 Å². The minimum absolute atomic E-state index is 0.118. The highest BCUT2D eigenvalue weighted by atomic mass is 16.4. The Hall–Kier alpha value is -2.12. The lowest BCUT2D eigenvalue weighted by Gasteiger charge is -2.37. The normalized spacial score (nSPS) is 17.4. The van der Waals surface area contributed by atoms with Gasteiger partial charge in [-0.1, -0.05) is 20.3 Å². The van der Waals surface area contributed by atoms with Gasteiger partial charge in [0.15, 0.2) is 0 Å².